The van der Waals surface area contributed by atoms with Crippen LogP contribution in [-0.4, -0.2) is 25.2 Å². The second kappa shape index (κ2) is 9.55. The van der Waals surface area contributed by atoms with Gasteiger partial charge in [-0.25, -0.2) is 4.99 Å². The van der Waals surface area contributed by atoms with Crippen LogP contribution >= 0.6 is 0 Å². The highest BCUT2D eigenvalue weighted by atomic mass is 19.4. The number of aryl methyl sites for hydroxylation is 2. The van der Waals surface area contributed by atoms with Crippen LogP contribution in [0.3, 0.4) is 0 Å². The molecule has 0 bridgehead atoms. The number of alkyl halides is 3. The summed E-state index contributed by atoms with van der Waals surface area (Å²) >= 11 is 0. The fraction of sp³-hybridized carbons (Fsp3) is 0.387. The normalized spacial score (nSPS) is 17.6. The van der Waals surface area contributed by atoms with Crippen LogP contribution in [-0.2, 0) is 10.3 Å². The van der Waals surface area contributed by atoms with Crippen LogP contribution in [0.15, 0.2) is 59.6 Å². The lowest BCUT2D eigenvalue weighted by Crippen LogP contribution is -2.41. The van der Waals surface area contributed by atoms with Gasteiger partial charge in [0.15, 0.2) is 5.60 Å². The van der Waals surface area contributed by atoms with Crippen LogP contribution in [0.5, 0.6) is 0 Å². The topological polar surface area (TPSA) is 24.8 Å². The van der Waals surface area contributed by atoms with Crippen molar-refractivity contribution >= 4 is 17.3 Å². The maximum absolute atomic E-state index is 14.1. The first kappa shape index (κ1) is 25.4. The highest BCUT2D eigenvalue weighted by molar-refractivity contribution is 5.93. The minimum absolute atomic E-state index is 0.301. The molecule has 0 amide bonds. The number of halogens is 3. The van der Waals surface area contributed by atoms with E-state index >= 15 is 0 Å². The first-order valence-electron chi connectivity index (χ1n) is 13.2. The molecule has 3 aromatic rings. The summed E-state index contributed by atoms with van der Waals surface area (Å²) in [7, 11) is 0. The fourth-order valence-corrected chi connectivity index (χ4v) is 5.55. The summed E-state index contributed by atoms with van der Waals surface area (Å²) in [6, 6.07) is 17.6. The zero-order valence-electron chi connectivity index (χ0n) is 21.9. The van der Waals surface area contributed by atoms with E-state index in [9.17, 15) is 13.2 Å². The quantitative estimate of drug-likeness (QED) is 0.320. The standard InChI is InChI=1S/C31H33F3N2O/c1-5-7-15-36(16-8-6-2)22-11-14-26-24(19-22)23-17-20(3)9-12-25(23)30(26)27-13-10-21(4)18-28(27)35-29(37-30)31(32,33)34/h9-14,17-19H,5-8,15-16H2,1-4H3. The Kier molecular flexibility index (Phi) is 6.55. The Morgan fingerprint density at radius 2 is 1.35 bits per heavy atom. The van der Waals surface area contributed by atoms with Crippen LogP contribution in [0.2, 0.25) is 0 Å². The minimum atomic E-state index is -4.71. The third-order valence-electron chi connectivity index (χ3n) is 7.40. The number of rotatable bonds is 7. The molecule has 0 saturated carbocycles. The molecular formula is C31H33F3N2O. The van der Waals surface area contributed by atoms with Crippen molar-refractivity contribution in [2.24, 2.45) is 4.99 Å². The van der Waals surface area contributed by atoms with Crippen LogP contribution in [0.1, 0.15) is 67.3 Å². The molecule has 0 saturated heterocycles. The first-order chi connectivity index (χ1) is 17.7. The smallest absolute Gasteiger partial charge is 0.453 e. The van der Waals surface area contributed by atoms with Crippen LogP contribution in [0.4, 0.5) is 24.5 Å². The highest BCUT2D eigenvalue weighted by Gasteiger charge is 2.55. The van der Waals surface area contributed by atoms with E-state index in [4.69, 9.17) is 4.74 Å². The van der Waals surface area contributed by atoms with Gasteiger partial charge in [0.25, 0.3) is 5.90 Å². The second-order valence-corrected chi connectivity index (χ2v) is 10.2. The molecule has 1 spiro atoms. The van der Waals surface area contributed by atoms with Crippen LogP contribution < -0.4 is 4.90 Å². The van der Waals surface area contributed by atoms with Crippen molar-refractivity contribution < 1.29 is 17.9 Å². The summed E-state index contributed by atoms with van der Waals surface area (Å²) in [5.74, 6) is -1.21. The molecule has 1 heterocycles. The zero-order chi connectivity index (χ0) is 26.4. The van der Waals surface area contributed by atoms with E-state index in [1.54, 1.807) is 6.07 Å². The van der Waals surface area contributed by atoms with Crippen molar-refractivity contribution in [3.05, 3.63) is 82.4 Å². The van der Waals surface area contributed by atoms with Gasteiger partial charge < -0.3 is 9.64 Å². The maximum atomic E-state index is 14.1. The number of benzene rings is 3. The third-order valence-corrected chi connectivity index (χ3v) is 7.40. The molecule has 194 valence electrons. The van der Waals surface area contributed by atoms with Gasteiger partial charge in [0, 0.05) is 35.5 Å². The van der Waals surface area contributed by atoms with Gasteiger partial charge in [0.05, 0.1) is 5.69 Å². The number of anilines is 1. The van der Waals surface area contributed by atoms with Crippen LogP contribution in [0, 0.1) is 13.8 Å². The molecule has 0 fully saturated rings. The molecular weight excluding hydrogens is 473 g/mol. The predicted octanol–water partition coefficient (Wildman–Crippen LogP) is 8.60. The lowest BCUT2D eigenvalue weighted by Gasteiger charge is -2.38. The van der Waals surface area contributed by atoms with Crippen LogP contribution in [0.25, 0.3) is 11.1 Å². The number of fused-ring (bicyclic) bond motifs is 7. The van der Waals surface area contributed by atoms with Crippen molar-refractivity contribution in [2.75, 3.05) is 18.0 Å². The molecule has 6 heteroatoms. The number of hydrogen-bond acceptors (Lipinski definition) is 3. The Bertz CT molecular complexity index is 1350. The number of unbranched alkanes of at least 4 members (excludes halogenated alkanes) is 2. The molecule has 1 unspecified atom stereocenters. The van der Waals surface area contributed by atoms with E-state index in [1.165, 1.54) is 0 Å². The summed E-state index contributed by atoms with van der Waals surface area (Å²) in [6.07, 6.45) is -0.340. The Hall–Kier alpha value is -3.28. The van der Waals surface area contributed by atoms with E-state index < -0.39 is 17.7 Å². The highest BCUT2D eigenvalue weighted by Crippen LogP contribution is 2.58. The molecule has 0 aromatic heterocycles. The van der Waals surface area contributed by atoms with Gasteiger partial charge in [-0.2, -0.15) is 13.2 Å². The lowest BCUT2D eigenvalue weighted by molar-refractivity contribution is -0.0884. The molecule has 5 rings (SSSR count). The molecule has 0 radical (unpaired) electrons. The molecule has 3 nitrogen and oxygen atoms in total. The van der Waals surface area contributed by atoms with Gasteiger partial charge in [-0.1, -0.05) is 68.7 Å². The second-order valence-electron chi connectivity index (χ2n) is 10.2. The Labute approximate surface area is 217 Å². The third kappa shape index (κ3) is 4.30. The minimum Gasteiger partial charge on any atom is -0.453 e. The molecule has 3 aromatic carbocycles. The van der Waals surface area contributed by atoms with Crippen molar-refractivity contribution in [1.29, 1.82) is 0 Å². The van der Waals surface area contributed by atoms with E-state index in [0.717, 1.165) is 77.8 Å². The van der Waals surface area contributed by atoms with Crippen molar-refractivity contribution in [3.63, 3.8) is 0 Å². The lowest BCUT2D eigenvalue weighted by atomic mass is 9.81. The van der Waals surface area contributed by atoms with E-state index in [-0.39, 0.29) is 0 Å². The van der Waals surface area contributed by atoms with E-state index in [1.807, 2.05) is 50.2 Å². The van der Waals surface area contributed by atoms with Gasteiger partial charge >= 0.3 is 6.18 Å². The molecule has 1 atom stereocenters. The SMILES string of the molecule is CCCCN(CCCC)c1ccc2c(c1)-c1cc(C)ccc1C21OC(C(F)(F)F)=Nc2cc(C)ccc21. The summed E-state index contributed by atoms with van der Waals surface area (Å²) in [4.78, 5) is 6.33. The molecule has 1 aliphatic carbocycles. The summed E-state index contributed by atoms with van der Waals surface area (Å²) in [6.45, 7) is 10.1. The Morgan fingerprint density at radius 1 is 0.784 bits per heavy atom. The number of aliphatic imine (C=N–C) groups is 1. The van der Waals surface area contributed by atoms with Crippen molar-refractivity contribution in [1.82, 2.24) is 0 Å². The summed E-state index contributed by atoms with van der Waals surface area (Å²) in [5, 5.41) is 0. The number of nitrogens with zero attached hydrogens (tertiary/aromatic N) is 2. The zero-order valence-corrected chi connectivity index (χ0v) is 21.9. The van der Waals surface area contributed by atoms with E-state index in [2.05, 4.69) is 35.9 Å². The van der Waals surface area contributed by atoms with Gasteiger partial charge in [-0.05, 0) is 61.6 Å². The van der Waals surface area contributed by atoms with Crippen molar-refractivity contribution in [2.45, 2.75) is 65.2 Å². The predicted molar refractivity (Wildman–Crippen MR) is 144 cm³/mol. The van der Waals surface area contributed by atoms with Gasteiger partial charge in [-0.3, -0.25) is 0 Å². The van der Waals surface area contributed by atoms with E-state index in [0.29, 0.717) is 11.3 Å². The fourth-order valence-electron chi connectivity index (χ4n) is 5.55. The monoisotopic (exact) mass is 506 g/mol. The maximum Gasteiger partial charge on any atom is 0.468 e. The van der Waals surface area contributed by atoms with Gasteiger partial charge in [0.2, 0.25) is 0 Å². The molecule has 2 aliphatic rings. The first-order valence-corrected chi connectivity index (χ1v) is 13.2. The number of ether oxygens (including phenoxy) is 1. The summed E-state index contributed by atoms with van der Waals surface area (Å²) < 4.78 is 48.4. The van der Waals surface area contributed by atoms with Gasteiger partial charge in [-0.15, -0.1) is 0 Å². The van der Waals surface area contributed by atoms with Gasteiger partial charge in [0.1, 0.15) is 0 Å². The number of hydrogen-bond donors (Lipinski definition) is 0. The summed E-state index contributed by atoms with van der Waals surface area (Å²) in [5.41, 5.74) is 5.80. The Balaban J connectivity index is 1.75. The average Bonchev–Trinajstić information content (AvgIpc) is 3.12. The average molecular weight is 507 g/mol. The largest absolute Gasteiger partial charge is 0.468 e. The van der Waals surface area contributed by atoms with Crippen molar-refractivity contribution in [3.8, 4) is 11.1 Å². The molecule has 0 N–H and O–H groups in total. The Morgan fingerprint density at radius 3 is 1.97 bits per heavy atom. The molecule has 1 aliphatic heterocycles. The molecule has 37 heavy (non-hydrogen) atoms.